The number of nitrogens with zero attached hydrogens (tertiary/aromatic N) is 1. The van der Waals surface area contributed by atoms with Gasteiger partial charge in [-0.2, -0.15) is 0 Å². The second-order valence-corrected chi connectivity index (χ2v) is 6.81. The van der Waals surface area contributed by atoms with Gasteiger partial charge in [-0.3, -0.25) is 0 Å². The molecule has 2 N–H and O–H groups in total. The monoisotopic (exact) mass is 254 g/mol. The molecule has 1 saturated heterocycles. The van der Waals surface area contributed by atoms with Crippen molar-refractivity contribution in [3.05, 3.63) is 0 Å². The van der Waals surface area contributed by atoms with Crippen LogP contribution in [-0.2, 0) is 4.74 Å². The molecule has 2 rings (SSSR count). The molecular formula is C14H26N2O2. The van der Waals surface area contributed by atoms with Gasteiger partial charge < -0.3 is 15.4 Å². The van der Waals surface area contributed by atoms with Crippen LogP contribution in [0.15, 0.2) is 0 Å². The number of ether oxygens (including phenoxy) is 1. The van der Waals surface area contributed by atoms with Crippen LogP contribution in [0.1, 0.15) is 46.5 Å². The van der Waals surface area contributed by atoms with E-state index in [0.717, 1.165) is 32.5 Å². The molecular weight excluding hydrogens is 228 g/mol. The van der Waals surface area contributed by atoms with Crippen LogP contribution in [0, 0.1) is 11.3 Å². The normalized spacial score (nSPS) is 23.9. The first-order valence-corrected chi connectivity index (χ1v) is 7.04. The van der Waals surface area contributed by atoms with E-state index >= 15 is 0 Å². The summed E-state index contributed by atoms with van der Waals surface area (Å²) in [5.41, 5.74) is 5.89. The van der Waals surface area contributed by atoms with E-state index in [1.54, 1.807) is 0 Å². The molecule has 1 amide bonds. The summed E-state index contributed by atoms with van der Waals surface area (Å²) in [7, 11) is 0. The van der Waals surface area contributed by atoms with E-state index < -0.39 is 5.60 Å². The van der Waals surface area contributed by atoms with Crippen LogP contribution in [0.5, 0.6) is 0 Å². The van der Waals surface area contributed by atoms with Crippen LogP contribution >= 0.6 is 0 Å². The van der Waals surface area contributed by atoms with Crippen molar-refractivity contribution < 1.29 is 9.53 Å². The first-order valence-electron chi connectivity index (χ1n) is 7.04. The molecule has 18 heavy (non-hydrogen) atoms. The van der Waals surface area contributed by atoms with E-state index in [9.17, 15) is 4.79 Å². The maximum absolute atomic E-state index is 11.9. The summed E-state index contributed by atoms with van der Waals surface area (Å²) >= 11 is 0. The van der Waals surface area contributed by atoms with E-state index in [1.165, 1.54) is 12.8 Å². The maximum Gasteiger partial charge on any atom is 0.410 e. The Morgan fingerprint density at radius 2 is 1.89 bits per heavy atom. The molecule has 1 aliphatic carbocycles. The minimum Gasteiger partial charge on any atom is -0.444 e. The summed E-state index contributed by atoms with van der Waals surface area (Å²) in [6.07, 6.45) is 4.55. The van der Waals surface area contributed by atoms with Crippen molar-refractivity contribution in [3.63, 3.8) is 0 Å². The van der Waals surface area contributed by atoms with Gasteiger partial charge in [0, 0.05) is 13.1 Å². The first kappa shape index (κ1) is 13.7. The molecule has 4 heteroatoms. The van der Waals surface area contributed by atoms with Gasteiger partial charge in [0.05, 0.1) is 0 Å². The van der Waals surface area contributed by atoms with E-state index in [0.29, 0.717) is 11.3 Å². The fourth-order valence-electron chi connectivity index (χ4n) is 2.94. The Bertz CT molecular complexity index is 310. The zero-order valence-corrected chi connectivity index (χ0v) is 11.9. The van der Waals surface area contributed by atoms with E-state index in [-0.39, 0.29) is 6.09 Å². The quantitative estimate of drug-likeness (QED) is 0.823. The molecule has 0 spiro atoms. The summed E-state index contributed by atoms with van der Waals surface area (Å²) in [6, 6.07) is 0. The molecule has 2 aliphatic rings. The Morgan fingerprint density at radius 1 is 1.33 bits per heavy atom. The minimum absolute atomic E-state index is 0.168. The average Bonchev–Trinajstić information content (AvgIpc) is 3.08. The SMILES string of the molecule is CC(C)(C)OC(=O)N1CCC(C2(CN)CC2)CC1. The highest BCUT2D eigenvalue weighted by atomic mass is 16.6. The van der Waals surface area contributed by atoms with Gasteiger partial charge in [0.1, 0.15) is 5.60 Å². The number of rotatable bonds is 2. The molecule has 0 radical (unpaired) electrons. The summed E-state index contributed by atoms with van der Waals surface area (Å²) in [5, 5.41) is 0. The second-order valence-electron chi connectivity index (χ2n) is 6.81. The van der Waals surface area contributed by atoms with Crippen molar-refractivity contribution >= 4 is 6.09 Å². The van der Waals surface area contributed by atoms with Crippen LogP contribution < -0.4 is 5.73 Å². The molecule has 0 aromatic rings. The summed E-state index contributed by atoms with van der Waals surface area (Å²) < 4.78 is 5.40. The zero-order valence-electron chi connectivity index (χ0n) is 11.9. The fourth-order valence-corrected chi connectivity index (χ4v) is 2.94. The summed E-state index contributed by atoms with van der Waals surface area (Å²) in [6.45, 7) is 8.18. The Morgan fingerprint density at radius 3 is 2.28 bits per heavy atom. The zero-order chi connectivity index (χ0) is 13.4. The molecule has 0 atom stereocenters. The molecule has 4 nitrogen and oxygen atoms in total. The molecule has 1 heterocycles. The molecule has 0 bridgehead atoms. The topological polar surface area (TPSA) is 55.6 Å². The van der Waals surface area contributed by atoms with Crippen molar-refractivity contribution in [2.45, 2.75) is 52.1 Å². The predicted molar refractivity (Wildman–Crippen MR) is 71.3 cm³/mol. The van der Waals surface area contributed by atoms with Gasteiger partial charge in [-0.1, -0.05) is 0 Å². The number of hydrogen-bond acceptors (Lipinski definition) is 3. The van der Waals surface area contributed by atoms with Crippen molar-refractivity contribution in [2.24, 2.45) is 17.1 Å². The number of piperidine rings is 1. The van der Waals surface area contributed by atoms with Crippen molar-refractivity contribution in [1.82, 2.24) is 4.90 Å². The third-order valence-corrected chi connectivity index (χ3v) is 4.31. The van der Waals surface area contributed by atoms with Gasteiger partial charge in [0.25, 0.3) is 0 Å². The average molecular weight is 254 g/mol. The minimum atomic E-state index is -0.400. The lowest BCUT2D eigenvalue weighted by Gasteiger charge is -2.36. The van der Waals surface area contributed by atoms with E-state index in [1.807, 2.05) is 25.7 Å². The van der Waals surface area contributed by atoms with E-state index in [4.69, 9.17) is 10.5 Å². The van der Waals surface area contributed by atoms with Gasteiger partial charge >= 0.3 is 6.09 Å². The Balaban J connectivity index is 1.82. The molecule has 0 unspecified atom stereocenters. The van der Waals surface area contributed by atoms with Crippen LogP contribution in [0.3, 0.4) is 0 Å². The Hall–Kier alpha value is -0.770. The Labute approximate surface area is 110 Å². The number of likely N-dealkylation sites (tertiary alicyclic amines) is 1. The highest BCUT2D eigenvalue weighted by Crippen LogP contribution is 2.54. The predicted octanol–water partition coefficient (Wildman–Crippen LogP) is 2.37. The van der Waals surface area contributed by atoms with Gasteiger partial charge in [0.15, 0.2) is 0 Å². The largest absolute Gasteiger partial charge is 0.444 e. The highest BCUT2D eigenvalue weighted by molar-refractivity contribution is 5.68. The lowest BCUT2D eigenvalue weighted by Crippen LogP contribution is -2.44. The highest BCUT2D eigenvalue weighted by Gasteiger charge is 2.48. The fraction of sp³-hybridized carbons (Fsp3) is 0.929. The third kappa shape index (κ3) is 2.97. The molecule has 104 valence electrons. The molecule has 2 fully saturated rings. The number of carbonyl (C=O) groups is 1. The van der Waals surface area contributed by atoms with Crippen molar-refractivity contribution in [1.29, 1.82) is 0 Å². The first-order chi connectivity index (χ1) is 8.36. The number of nitrogens with two attached hydrogens (primary N) is 1. The van der Waals surface area contributed by atoms with Gasteiger partial charge in [-0.15, -0.1) is 0 Å². The molecule has 0 aromatic carbocycles. The summed E-state index contributed by atoms with van der Waals surface area (Å²) in [5.74, 6) is 0.709. The van der Waals surface area contributed by atoms with Crippen molar-refractivity contribution in [3.8, 4) is 0 Å². The number of amides is 1. The van der Waals surface area contributed by atoms with Crippen molar-refractivity contribution in [2.75, 3.05) is 19.6 Å². The molecule has 1 aliphatic heterocycles. The van der Waals surface area contributed by atoms with Gasteiger partial charge in [-0.25, -0.2) is 4.79 Å². The van der Waals surface area contributed by atoms with Gasteiger partial charge in [0.2, 0.25) is 0 Å². The van der Waals surface area contributed by atoms with Crippen LogP contribution in [0.25, 0.3) is 0 Å². The second kappa shape index (κ2) is 4.72. The Kier molecular flexibility index (Phi) is 3.58. The van der Waals surface area contributed by atoms with Crippen LogP contribution in [0.4, 0.5) is 4.79 Å². The smallest absolute Gasteiger partial charge is 0.410 e. The van der Waals surface area contributed by atoms with Crippen LogP contribution in [0.2, 0.25) is 0 Å². The molecule has 0 aromatic heterocycles. The maximum atomic E-state index is 11.9. The van der Waals surface area contributed by atoms with Gasteiger partial charge in [-0.05, 0) is 64.3 Å². The summed E-state index contributed by atoms with van der Waals surface area (Å²) in [4.78, 5) is 13.8. The van der Waals surface area contributed by atoms with Crippen LogP contribution in [-0.4, -0.2) is 36.2 Å². The standard InChI is InChI=1S/C14H26N2O2/c1-13(2,3)18-12(17)16-8-4-11(5-9-16)14(10-15)6-7-14/h11H,4-10,15H2,1-3H3. The molecule has 1 saturated carbocycles. The lowest BCUT2D eigenvalue weighted by atomic mass is 9.81. The number of hydrogen-bond donors (Lipinski definition) is 1. The third-order valence-electron chi connectivity index (χ3n) is 4.31. The number of carbonyl (C=O) groups excluding carboxylic acids is 1. The van der Waals surface area contributed by atoms with E-state index in [2.05, 4.69) is 0 Å². The lowest BCUT2D eigenvalue weighted by molar-refractivity contribution is 0.0152.